The minimum atomic E-state index is 0.499. The number of benzene rings is 2. The second-order valence-electron chi connectivity index (χ2n) is 8.26. The zero-order valence-corrected chi connectivity index (χ0v) is 17.7. The number of rotatable bonds is 11. The lowest BCUT2D eigenvalue weighted by Crippen LogP contribution is -2.46. The fourth-order valence-electron chi connectivity index (χ4n) is 4.38. The van der Waals surface area contributed by atoms with Crippen LogP contribution in [0.2, 0.25) is 0 Å². The summed E-state index contributed by atoms with van der Waals surface area (Å²) >= 11 is 0. The number of hydrogen-bond donors (Lipinski definition) is 0. The first-order valence-electron chi connectivity index (χ1n) is 11.4. The Hall–Kier alpha value is -1.64. The summed E-state index contributed by atoms with van der Waals surface area (Å²) < 4.78 is 0. The SMILES string of the molecule is CCCCCCCN1CCN(CCC(c2ccccc2)c2ccccc2)CC1. The Morgan fingerprint density at radius 3 is 1.68 bits per heavy atom. The van der Waals surface area contributed by atoms with E-state index in [0.29, 0.717) is 5.92 Å². The molecule has 0 atom stereocenters. The molecule has 0 spiro atoms. The Labute approximate surface area is 172 Å². The van der Waals surface area contributed by atoms with E-state index in [1.165, 1.54) is 88.9 Å². The first-order chi connectivity index (χ1) is 13.9. The van der Waals surface area contributed by atoms with Crippen molar-refractivity contribution in [3.63, 3.8) is 0 Å². The molecule has 1 fully saturated rings. The Bertz CT molecular complexity index is 592. The van der Waals surface area contributed by atoms with Crippen LogP contribution in [0.3, 0.4) is 0 Å². The van der Waals surface area contributed by atoms with Crippen LogP contribution in [0, 0.1) is 0 Å². The molecule has 0 saturated carbocycles. The Morgan fingerprint density at radius 1 is 0.643 bits per heavy atom. The van der Waals surface area contributed by atoms with Gasteiger partial charge in [-0.3, -0.25) is 0 Å². The van der Waals surface area contributed by atoms with Crippen LogP contribution in [0.25, 0.3) is 0 Å². The summed E-state index contributed by atoms with van der Waals surface area (Å²) in [5.74, 6) is 0.499. The van der Waals surface area contributed by atoms with Crippen LogP contribution in [-0.2, 0) is 0 Å². The van der Waals surface area contributed by atoms with Crippen molar-refractivity contribution in [1.82, 2.24) is 9.80 Å². The van der Waals surface area contributed by atoms with Crippen molar-refractivity contribution in [3.8, 4) is 0 Å². The molecular formula is C26H38N2. The molecule has 1 aliphatic heterocycles. The molecule has 0 amide bonds. The minimum Gasteiger partial charge on any atom is -0.301 e. The summed E-state index contributed by atoms with van der Waals surface area (Å²) in [7, 11) is 0. The highest BCUT2D eigenvalue weighted by Crippen LogP contribution is 2.28. The van der Waals surface area contributed by atoms with Gasteiger partial charge >= 0.3 is 0 Å². The lowest BCUT2D eigenvalue weighted by molar-refractivity contribution is 0.128. The third-order valence-corrected chi connectivity index (χ3v) is 6.18. The van der Waals surface area contributed by atoms with Crippen LogP contribution in [-0.4, -0.2) is 49.1 Å². The van der Waals surface area contributed by atoms with Gasteiger partial charge in [0.15, 0.2) is 0 Å². The van der Waals surface area contributed by atoms with Gasteiger partial charge in [-0.25, -0.2) is 0 Å². The van der Waals surface area contributed by atoms with Crippen molar-refractivity contribution in [2.75, 3.05) is 39.3 Å². The maximum atomic E-state index is 2.67. The zero-order valence-electron chi connectivity index (χ0n) is 17.7. The van der Waals surface area contributed by atoms with E-state index in [9.17, 15) is 0 Å². The summed E-state index contributed by atoms with van der Waals surface area (Å²) in [5.41, 5.74) is 2.89. The molecule has 0 bridgehead atoms. The van der Waals surface area contributed by atoms with Gasteiger partial charge in [0.2, 0.25) is 0 Å². The third kappa shape index (κ3) is 6.76. The van der Waals surface area contributed by atoms with Gasteiger partial charge in [-0.1, -0.05) is 93.3 Å². The van der Waals surface area contributed by atoms with Crippen molar-refractivity contribution >= 4 is 0 Å². The molecule has 0 unspecified atom stereocenters. The molecule has 2 aromatic carbocycles. The monoisotopic (exact) mass is 378 g/mol. The number of nitrogens with zero attached hydrogens (tertiary/aromatic N) is 2. The smallest absolute Gasteiger partial charge is 0.0110 e. The summed E-state index contributed by atoms with van der Waals surface area (Å²) in [5, 5.41) is 0. The topological polar surface area (TPSA) is 6.48 Å². The van der Waals surface area contributed by atoms with Gasteiger partial charge in [0.1, 0.15) is 0 Å². The predicted octanol–water partition coefficient (Wildman–Crippen LogP) is 5.80. The summed E-state index contributed by atoms with van der Waals surface area (Å²) in [6.45, 7) is 9.73. The first-order valence-corrected chi connectivity index (χ1v) is 11.4. The van der Waals surface area contributed by atoms with Gasteiger partial charge in [-0.05, 0) is 37.1 Å². The molecule has 2 heteroatoms. The molecular weight excluding hydrogens is 340 g/mol. The van der Waals surface area contributed by atoms with Gasteiger partial charge in [0, 0.05) is 32.1 Å². The zero-order chi connectivity index (χ0) is 19.4. The molecule has 1 saturated heterocycles. The highest BCUT2D eigenvalue weighted by Gasteiger charge is 2.19. The van der Waals surface area contributed by atoms with Crippen molar-refractivity contribution < 1.29 is 0 Å². The Balaban J connectivity index is 1.45. The quantitative estimate of drug-likeness (QED) is 0.456. The van der Waals surface area contributed by atoms with Gasteiger partial charge in [0.25, 0.3) is 0 Å². The lowest BCUT2D eigenvalue weighted by Gasteiger charge is -2.35. The predicted molar refractivity (Wildman–Crippen MR) is 121 cm³/mol. The molecule has 152 valence electrons. The van der Waals surface area contributed by atoms with Crippen LogP contribution < -0.4 is 0 Å². The second-order valence-corrected chi connectivity index (χ2v) is 8.26. The molecule has 1 heterocycles. The Morgan fingerprint density at radius 2 is 1.14 bits per heavy atom. The van der Waals surface area contributed by atoms with E-state index in [2.05, 4.69) is 77.4 Å². The molecule has 0 N–H and O–H groups in total. The fraction of sp³-hybridized carbons (Fsp3) is 0.538. The van der Waals surface area contributed by atoms with Gasteiger partial charge in [0.05, 0.1) is 0 Å². The van der Waals surface area contributed by atoms with E-state index in [1.807, 2.05) is 0 Å². The van der Waals surface area contributed by atoms with Crippen LogP contribution in [0.15, 0.2) is 60.7 Å². The van der Waals surface area contributed by atoms with E-state index in [1.54, 1.807) is 0 Å². The molecule has 0 aromatic heterocycles. The number of unbranched alkanes of at least 4 members (excludes halogenated alkanes) is 4. The van der Waals surface area contributed by atoms with Crippen molar-refractivity contribution in [2.45, 2.75) is 51.4 Å². The normalized spacial score (nSPS) is 15.9. The largest absolute Gasteiger partial charge is 0.301 e. The van der Waals surface area contributed by atoms with Crippen LogP contribution in [0.4, 0.5) is 0 Å². The van der Waals surface area contributed by atoms with E-state index in [-0.39, 0.29) is 0 Å². The molecule has 1 aliphatic rings. The van der Waals surface area contributed by atoms with E-state index >= 15 is 0 Å². The highest BCUT2D eigenvalue weighted by atomic mass is 15.3. The van der Waals surface area contributed by atoms with E-state index in [0.717, 1.165) is 0 Å². The van der Waals surface area contributed by atoms with Crippen LogP contribution in [0.1, 0.15) is 62.5 Å². The summed E-state index contributed by atoms with van der Waals surface area (Å²) in [6.07, 6.45) is 8.14. The van der Waals surface area contributed by atoms with Gasteiger partial charge < -0.3 is 9.80 Å². The first kappa shape index (κ1) is 21.1. The van der Waals surface area contributed by atoms with Crippen LogP contribution >= 0.6 is 0 Å². The average molecular weight is 379 g/mol. The maximum absolute atomic E-state index is 2.67. The molecule has 0 radical (unpaired) electrons. The standard InChI is InChI=1S/C26H38N2/c1-2-3-4-5-12-18-27-20-22-28(23-21-27)19-17-26(24-13-8-6-9-14-24)25-15-10-7-11-16-25/h6-11,13-16,26H,2-5,12,17-23H2,1H3. The second kappa shape index (κ2) is 12.0. The van der Waals surface area contributed by atoms with Crippen molar-refractivity contribution in [1.29, 1.82) is 0 Å². The summed E-state index contributed by atoms with van der Waals surface area (Å²) in [6, 6.07) is 22.1. The molecule has 0 aliphatic carbocycles. The molecule has 2 nitrogen and oxygen atoms in total. The summed E-state index contributed by atoms with van der Waals surface area (Å²) in [4.78, 5) is 5.35. The van der Waals surface area contributed by atoms with Gasteiger partial charge in [-0.15, -0.1) is 0 Å². The minimum absolute atomic E-state index is 0.499. The van der Waals surface area contributed by atoms with Crippen molar-refractivity contribution in [3.05, 3.63) is 71.8 Å². The highest BCUT2D eigenvalue weighted by molar-refractivity contribution is 5.32. The fourth-order valence-corrected chi connectivity index (χ4v) is 4.38. The third-order valence-electron chi connectivity index (χ3n) is 6.18. The average Bonchev–Trinajstić information content (AvgIpc) is 2.76. The molecule has 2 aromatic rings. The van der Waals surface area contributed by atoms with Gasteiger partial charge in [-0.2, -0.15) is 0 Å². The molecule has 28 heavy (non-hydrogen) atoms. The lowest BCUT2D eigenvalue weighted by atomic mass is 9.88. The van der Waals surface area contributed by atoms with E-state index < -0.39 is 0 Å². The van der Waals surface area contributed by atoms with Crippen LogP contribution in [0.5, 0.6) is 0 Å². The van der Waals surface area contributed by atoms with E-state index in [4.69, 9.17) is 0 Å². The number of piperazine rings is 1. The van der Waals surface area contributed by atoms with Crippen molar-refractivity contribution in [2.24, 2.45) is 0 Å². The maximum Gasteiger partial charge on any atom is 0.0110 e. The Kier molecular flexibility index (Phi) is 9.06. The molecule has 3 rings (SSSR count). The number of hydrogen-bond acceptors (Lipinski definition) is 2.